The molecule has 6 rings (SSSR count). The number of aromatic nitrogens is 2. The van der Waals surface area contributed by atoms with E-state index in [1.165, 1.54) is 44.9 Å². The second-order valence-corrected chi connectivity index (χ2v) is 12.6. The van der Waals surface area contributed by atoms with Gasteiger partial charge in [0.25, 0.3) is 5.56 Å². The number of piperidine rings is 2. The monoisotopic (exact) mass is 563 g/mol. The lowest BCUT2D eigenvalue weighted by atomic mass is 9.68. The number of hydrogen-bond acceptors (Lipinski definition) is 7. The van der Waals surface area contributed by atoms with Crippen LogP contribution in [-0.4, -0.2) is 61.9 Å². The fraction of sp³-hybridized carbons (Fsp3) is 0.645. The van der Waals surface area contributed by atoms with Gasteiger partial charge >= 0.3 is 5.97 Å². The highest BCUT2D eigenvalue weighted by atomic mass is 16.6. The molecule has 4 aliphatic rings. The van der Waals surface area contributed by atoms with Crippen LogP contribution in [-0.2, 0) is 14.4 Å². The normalized spacial score (nSPS) is 30.2. The maximum Gasteiger partial charge on any atom is 0.344 e. The zero-order valence-electron chi connectivity index (χ0n) is 23.6. The molecule has 2 aliphatic carbocycles. The highest BCUT2D eigenvalue weighted by Crippen LogP contribution is 2.47. The number of nitrogens with two attached hydrogens (primary N) is 1. The first-order chi connectivity index (χ1) is 19.9. The highest BCUT2D eigenvalue weighted by molar-refractivity contribution is 6.01. The zero-order chi connectivity index (χ0) is 28.5. The van der Waals surface area contributed by atoms with E-state index in [0.717, 1.165) is 43.0 Å². The number of nitrogens with zero attached hydrogens (tertiary/aromatic N) is 4. The van der Waals surface area contributed by atoms with Gasteiger partial charge in [0.2, 0.25) is 12.5 Å². The van der Waals surface area contributed by atoms with Crippen LogP contribution in [0.25, 0.3) is 11.0 Å². The van der Waals surface area contributed by atoms with Gasteiger partial charge in [0.15, 0.2) is 5.69 Å². The minimum atomic E-state index is -1.19. The molecular weight excluding hydrogens is 522 g/mol. The SMILES string of the molecule is NC(=O)CC/C(=N\OCC(=O)O)c1nc2ccccc2n([C@H]2C[C@H]3CCC[C@@H](C2)N3C2C[C@H]3CCC[C@@H](C2)C3)c1=O. The second-order valence-electron chi connectivity index (χ2n) is 12.6. The quantitative estimate of drug-likeness (QED) is 0.347. The number of rotatable bonds is 9. The lowest BCUT2D eigenvalue weighted by molar-refractivity contribution is -0.142. The predicted octanol–water partition coefficient (Wildman–Crippen LogP) is 3.99. The molecule has 2 saturated carbocycles. The number of benzene rings is 1. The van der Waals surface area contributed by atoms with Gasteiger partial charge in [-0.1, -0.05) is 43.0 Å². The first-order valence-electron chi connectivity index (χ1n) is 15.4. The average Bonchev–Trinajstić information content (AvgIpc) is 2.93. The number of para-hydroxylation sites is 2. The summed E-state index contributed by atoms with van der Waals surface area (Å²) in [6, 6.07) is 9.22. The fourth-order valence-electron chi connectivity index (χ4n) is 8.45. The number of carbonyl (C=O) groups is 2. The van der Waals surface area contributed by atoms with Crippen molar-refractivity contribution in [1.29, 1.82) is 0 Å². The Morgan fingerprint density at radius 1 is 0.927 bits per heavy atom. The van der Waals surface area contributed by atoms with E-state index in [2.05, 4.69) is 15.0 Å². The maximum atomic E-state index is 14.2. The first kappa shape index (κ1) is 27.9. The standard InChI is InChI=1S/C31H41N5O5/c32-28(37)12-11-26(34-41-18-29(38)39)30-31(40)36(27-10-2-1-9-25(27)33-30)24-16-21-7-4-8-22(17-24)35(21)23-14-19-5-3-6-20(13-19)15-23/h1-2,9-10,19-24H,3-8,11-18H2,(H2,32,37)(H,38,39)/b34-26+/t19-,20+,21-,22+,23?,24+. The molecule has 10 nitrogen and oxygen atoms in total. The fourth-order valence-corrected chi connectivity index (χ4v) is 8.45. The molecule has 6 atom stereocenters. The van der Waals surface area contributed by atoms with E-state index in [0.29, 0.717) is 23.6 Å². The minimum Gasteiger partial charge on any atom is -0.479 e. The molecule has 1 aromatic heterocycles. The molecule has 41 heavy (non-hydrogen) atoms. The van der Waals surface area contributed by atoms with Crippen LogP contribution >= 0.6 is 0 Å². The molecule has 1 unspecified atom stereocenters. The van der Waals surface area contributed by atoms with Crippen molar-refractivity contribution in [3.63, 3.8) is 0 Å². The van der Waals surface area contributed by atoms with Gasteiger partial charge in [-0.25, -0.2) is 9.78 Å². The molecule has 1 aromatic carbocycles. The Morgan fingerprint density at radius 2 is 1.61 bits per heavy atom. The third-order valence-corrected chi connectivity index (χ3v) is 9.93. The van der Waals surface area contributed by atoms with Gasteiger partial charge < -0.3 is 20.2 Å². The van der Waals surface area contributed by atoms with Gasteiger partial charge in [0, 0.05) is 37.0 Å². The lowest BCUT2D eigenvalue weighted by Crippen LogP contribution is -2.58. The Bertz CT molecular complexity index is 1360. The van der Waals surface area contributed by atoms with Crippen LogP contribution in [0.15, 0.2) is 34.2 Å². The molecule has 2 aliphatic heterocycles. The summed E-state index contributed by atoms with van der Waals surface area (Å²) in [5.74, 6) is 0.0133. The third-order valence-electron chi connectivity index (χ3n) is 9.93. The van der Waals surface area contributed by atoms with Crippen LogP contribution in [0.3, 0.4) is 0 Å². The van der Waals surface area contributed by atoms with Crippen molar-refractivity contribution < 1.29 is 19.5 Å². The minimum absolute atomic E-state index is 0.0149. The molecule has 3 N–H and O–H groups in total. The lowest BCUT2D eigenvalue weighted by Gasteiger charge is -2.55. The number of primary amides is 1. The van der Waals surface area contributed by atoms with Crippen LogP contribution in [0.5, 0.6) is 0 Å². The molecule has 4 bridgehead atoms. The molecule has 2 aromatic rings. The van der Waals surface area contributed by atoms with Crippen molar-refractivity contribution in [2.75, 3.05) is 6.61 Å². The van der Waals surface area contributed by atoms with E-state index in [-0.39, 0.29) is 35.8 Å². The number of carboxylic acid groups (broad SMARTS) is 1. The van der Waals surface area contributed by atoms with Gasteiger partial charge in [0.1, 0.15) is 5.71 Å². The molecule has 1 amide bonds. The summed E-state index contributed by atoms with van der Waals surface area (Å²) in [5.41, 5.74) is 6.77. The largest absolute Gasteiger partial charge is 0.479 e. The van der Waals surface area contributed by atoms with Gasteiger partial charge in [-0.2, -0.15) is 0 Å². The number of fused-ring (bicyclic) bond motifs is 5. The summed E-state index contributed by atoms with van der Waals surface area (Å²) in [6.07, 6.45) is 13.6. The molecule has 4 fully saturated rings. The Morgan fingerprint density at radius 3 is 2.29 bits per heavy atom. The van der Waals surface area contributed by atoms with E-state index in [9.17, 15) is 14.4 Å². The van der Waals surface area contributed by atoms with Crippen molar-refractivity contribution in [2.24, 2.45) is 22.7 Å². The van der Waals surface area contributed by atoms with E-state index in [1.807, 2.05) is 28.8 Å². The first-order valence-corrected chi connectivity index (χ1v) is 15.4. The molecule has 3 heterocycles. The smallest absolute Gasteiger partial charge is 0.344 e. The van der Waals surface area contributed by atoms with Crippen LogP contribution in [0.1, 0.15) is 95.2 Å². The van der Waals surface area contributed by atoms with Gasteiger partial charge in [-0.05, 0) is 68.9 Å². The highest BCUT2D eigenvalue weighted by Gasteiger charge is 2.45. The van der Waals surface area contributed by atoms with Crippen LogP contribution in [0.2, 0.25) is 0 Å². The number of carboxylic acids is 1. The Hall–Kier alpha value is -3.27. The van der Waals surface area contributed by atoms with Crippen molar-refractivity contribution in [1.82, 2.24) is 14.5 Å². The van der Waals surface area contributed by atoms with Crippen molar-refractivity contribution >= 4 is 28.6 Å². The Balaban J connectivity index is 1.34. The summed E-state index contributed by atoms with van der Waals surface area (Å²) >= 11 is 0. The van der Waals surface area contributed by atoms with E-state index < -0.39 is 18.5 Å². The van der Waals surface area contributed by atoms with Crippen molar-refractivity contribution in [3.05, 3.63) is 40.3 Å². The Labute approximate surface area is 239 Å². The topological polar surface area (TPSA) is 140 Å². The molecule has 220 valence electrons. The summed E-state index contributed by atoms with van der Waals surface area (Å²) in [7, 11) is 0. The van der Waals surface area contributed by atoms with Gasteiger partial charge in [-0.3, -0.25) is 14.5 Å². The van der Waals surface area contributed by atoms with E-state index >= 15 is 0 Å². The van der Waals surface area contributed by atoms with Crippen LogP contribution in [0.4, 0.5) is 0 Å². The van der Waals surface area contributed by atoms with Crippen LogP contribution in [0, 0.1) is 11.8 Å². The number of hydrogen-bond donors (Lipinski definition) is 2. The summed E-state index contributed by atoms with van der Waals surface area (Å²) < 4.78 is 1.90. The van der Waals surface area contributed by atoms with Gasteiger partial charge in [-0.15, -0.1) is 0 Å². The molecule has 10 heteroatoms. The second kappa shape index (κ2) is 11.9. The van der Waals surface area contributed by atoms with Gasteiger partial charge in [0.05, 0.1) is 11.0 Å². The average molecular weight is 564 g/mol. The number of aliphatic carboxylic acids is 1. The predicted molar refractivity (Wildman–Crippen MR) is 155 cm³/mol. The third kappa shape index (κ3) is 5.89. The summed E-state index contributed by atoms with van der Waals surface area (Å²) in [5, 5.41) is 13.0. The van der Waals surface area contributed by atoms with Crippen LogP contribution < -0.4 is 11.3 Å². The maximum absolute atomic E-state index is 14.2. The number of amides is 1. The van der Waals surface area contributed by atoms with Crippen molar-refractivity contribution in [2.45, 2.75) is 108 Å². The molecular formula is C31H41N5O5. The summed E-state index contributed by atoms with van der Waals surface area (Å²) in [4.78, 5) is 49.4. The molecule has 2 saturated heterocycles. The van der Waals surface area contributed by atoms with Crippen molar-refractivity contribution in [3.8, 4) is 0 Å². The number of carbonyl (C=O) groups excluding carboxylic acids is 1. The zero-order valence-corrected chi connectivity index (χ0v) is 23.6. The summed E-state index contributed by atoms with van der Waals surface area (Å²) in [6.45, 7) is -0.660. The van der Waals surface area contributed by atoms with E-state index in [4.69, 9.17) is 15.7 Å². The Kier molecular flexibility index (Phi) is 8.10. The molecule has 0 spiro atoms. The number of oxime groups is 1. The van der Waals surface area contributed by atoms with E-state index in [1.54, 1.807) is 0 Å². The molecule has 0 radical (unpaired) electrons.